The lowest BCUT2D eigenvalue weighted by molar-refractivity contribution is -0.130. The van der Waals surface area contributed by atoms with E-state index in [4.69, 9.17) is 5.73 Å². The first-order valence-electron chi connectivity index (χ1n) is 8.12. The lowest BCUT2D eigenvalue weighted by Crippen LogP contribution is -2.52. The second kappa shape index (κ2) is 6.00. The van der Waals surface area contributed by atoms with Gasteiger partial charge in [-0.3, -0.25) is 14.6 Å². The molecule has 0 aliphatic carbocycles. The number of piperazine rings is 1. The Morgan fingerprint density at radius 3 is 2.20 bits per heavy atom. The molecule has 20 heavy (non-hydrogen) atoms. The van der Waals surface area contributed by atoms with Gasteiger partial charge in [-0.1, -0.05) is 0 Å². The summed E-state index contributed by atoms with van der Waals surface area (Å²) in [6.45, 7) is 7.85. The van der Waals surface area contributed by atoms with Gasteiger partial charge in [-0.05, 0) is 25.7 Å². The molecule has 2 bridgehead atoms. The molecule has 3 heterocycles. The monoisotopic (exact) mass is 280 g/mol. The first-order chi connectivity index (χ1) is 9.63. The van der Waals surface area contributed by atoms with Gasteiger partial charge in [0.1, 0.15) is 0 Å². The Bertz CT molecular complexity index is 340. The maximum Gasteiger partial charge on any atom is 0.219 e. The van der Waals surface area contributed by atoms with Crippen molar-refractivity contribution in [2.24, 2.45) is 5.73 Å². The van der Waals surface area contributed by atoms with Gasteiger partial charge in [-0.15, -0.1) is 0 Å². The van der Waals surface area contributed by atoms with Crippen LogP contribution in [0.15, 0.2) is 0 Å². The molecule has 5 heteroatoms. The molecule has 0 aromatic carbocycles. The lowest BCUT2D eigenvalue weighted by Gasteiger charge is -2.40. The Kier molecular flexibility index (Phi) is 4.29. The SMILES string of the molecule is CC(=O)N1CCN(CCN2C3CCC2CC(N)C3)CC1. The van der Waals surface area contributed by atoms with Crippen LogP contribution < -0.4 is 5.73 Å². The van der Waals surface area contributed by atoms with Gasteiger partial charge in [0.05, 0.1) is 0 Å². The van der Waals surface area contributed by atoms with Crippen molar-refractivity contribution in [3.05, 3.63) is 0 Å². The molecule has 3 aliphatic heterocycles. The van der Waals surface area contributed by atoms with Gasteiger partial charge in [-0.25, -0.2) is 0 Å². The summed E-state index contributed by atoms with van der Waals surface area (Å²) in [4.78, 5) is 18.5. The minimum absolute atomic E-state index is 0.215. The first-order valence-corrected chi connectivity index (χ1v) is 8.12. The summed E-state index contributed by atoms with van der Waals surface area (Å²) >= 11 is 0. The molecule has 2 N–H and O–H groups in total. The van der Waals surface area contributed by atoms with Crippen molar-refractivity contribution in [3.8, 4) is 0 Å². The van der Waals surface area contributed by atoms with Gasteiger partial charge in [0.25, 0.3) is 0 Å². The quantitative estimate of drug-likeness (QED) is 0.797. The number of piperidine rings is 1. The summed E-state index contributed by atoms with van der Waals surface area (Å²) in [5, 5.41) is 0. The fraction of sp³-hybridized carbons (Fsp3) is 0.933. The molecule has 114 valence electrons. The van der Waals surface area contributed by atoms with E-state index >= 15 is 0 Å². The van der Waals surface area contributed by atoms with Crippen LogP contribution in [0, 0.1) is 0 Å². The Morgan fingerprint density at radius 2 is 1.65 bits per heavy atom. The van der Waals surface area contributed by atoms with Crippen molar-refractivity contribution in [2.75, 3.05) is 39.3 Å². The zero-order chi connectivity index (χ0) is 14.1. The summed E-state index contributed by atoms with van der Waals surface area (Å²) in [6, 6.07) is 1.91. The highest BCUT2D eigenvalue weighted by atomic mass is 16.2. The van der Waals surface area contributed by atoms with Crippen LogP contribution in [0.4, 0.5) is 0 Å². The van der Waals surface area contributed by atoms with Crippen LogP contribution in [0.25, 0.3) is 0 Å². The second-order valence-corrected chi connectivity index (χ2v) is 6.70. The van der Waals surface area contributed by atoms with Gasteiger partial charge < -0.3 is 10.6 Å². The van der Waals surface area contributed by atoms with Crippen molar-refractivity contribution < 1.29 is 4.79 Å². The van der Waals surface area contributed by atoms with Gasteiger partial charge in [-0.2, -0.15) is 0 Å². The van der Waals surface area contributed by atoms with E-state index in [0.717, 1.165) is 44.8 Å². The Balaban J connectivity index is 1.43. The molecule has 2 unspecified atom stereocenters. The normalized spacial score (nSPS) is 35.5. The second-order valence-electron chi connectivity index (χ2n) is 6.70. The Morgan fingerprint density at radius 1 is 1.05 bits per heavy atom. The van der Waals surface area contributed by atoms with Crippen LogP contribution in [0.5, 0.6) is 0 Å². The number of carbonyl (C=O) groups is 1. The average molecular weight is 280 g/mol. The van der Waals surface area contributed by atoms with E-state index in [1.54, 1.807) is 6.92 Å². The number of nitrogens with zero attached hydrogens (tertiary/aromatic N) is 3. The summed E-state index contributed by atoms with van der Waals surface area (Å²) in [5.74, 6) is 0.215. The predicted molar refractivity (Wildman–Crippen MR) is 79.4 cm³/mol. The molecule has 3 rings (SSSR count). The third-order valence-corrected chi connectivity index (χ3v) is 5.41. The zero-order valence-corrected chi connectivity index (χ0v) is 12.6. The molecule has 5 nitrogen and oxygen atoms in total. The van der Waals surface area contributed by atoms with E-state index in [0.29, 0.717) is 6.04 Å². The van der Waals surface area contributed by atoms with Gasteiger partial charge in [0, 0.05) is 64.3 Å². The highest BCUT2D eigenvalue weighted by Gasteiger charge is 2.39. The summed E-state index contributed by atoms with van der Waals surface area (Å²) < 4.78 is 0. The molecule has 2 atom stereocenters. The van der Waals surface area contributed by atoms with Crippen molar-refractivity contribution in [1.29, 1.82) is 0 Å². The zero-order valence-electron chi connectivity index (χ0n) is 12.6. The summed E-state index contributed by atoms with van der Waals surface area (Å²) in [6.07, 6.45) is 5.07. The lowest BCUT2D eigenvalue weighted by atomic mass is 9.98. The van der Waals surface area contributed by atoms with Crippen molar-refractivity contribution in [2.45, 2.75) is 50.7 Å². The average Bonchev–Trinajstić information content (AvgIpc) is 2.67. The molecule has 0 spiro atoms. The third kappa shape index (κ3) is 3.00. The number of amides is 1. The fourth-order valence-corrected chi connectivity index (χ4v) is 4.22. The van der Waals surface area contributed by atoms with Crippen molar-refractivity contribution in [3.63, 3.8) is 0 Å². The Labute approximate surface area is 122 Å². The summed E-state index contributed by atoms with van der Waals surface area (Å²) in [5.41, 5.74) is 6.13. The van der Waals surface area contributed by atoms with Crippen LogP contribution in [0.3, 0.4) is 0 Å². The van der Waals surface area contributed by atoms with Crippen LogP contribution >= 0.6 is 0 Å². The largest absolute Gasteiger partial charge is 0.340 e. The number of nitrogens with two attached hydrogens (primary N) is 1. The smallest absolute Gasteiger partial charge is 0.219 e. The predicted octanol–water partition coefficient (Wildman–Crippen LogP) is 0.105. The van der Waals surface area contributed by atoms with Gasteiger partial charge in [0.2, 0.25) is 5.91 Å². The highest BCUT2D eigenvalue weighted by molar-refractivity contribution is 5.73. The number of carbonyl (C=O) groups excluding carboxylic acids is 1. The van der Waals surface area contributed by atoms with Crippen LogP contribution in [0.2, 0.25) is 0 Å². The number of hydrogen-bond donors (Lipinski definition) is 1. The molecule has 0 aromatic heterocycles. The van der Waals surface area contributed by atoms with E-state index in [-0.39, 0.29) is 5.91 Å². The van der Waals surface area contributed by atoms with E-state index in [1.807, 2.05) is 4.90 Å². The molecule has 3 saturated heterocycles. The van der Waals surface area contributed by atoms with Gasteiger partial charge >= 0.3 is 0 Å². The molecule has 1 amide bonds. The number of rotatable bonds is 3. The minimum atomic E-state index is 0.215. The first kappa shape index (κ1) is 14.3. The third-order valence-electron chi connectivity index (χ3n) is 5.41. The maximum atomic E-state index is 11.3. The molecule has 0 saturated carbocycles. The molecular formula is C15H28N4O. The molecule has 3 aliphatic rings. The number of fused-ring (bicyclic) bond motifs is 2. The molecule has 0 aromatic rings. The topological polar surface area (TPSA) is 52.8 Å². The van der Waals surface area contributed by atoms with Crippen LogP contribution in [-0.2, 0) is 4.79 Å². The van der Waals surface area contributed by atoms with E-state index in [1.165, 1.54) is 32.2 Å². The number of hydrogen-bond acceptors (Lipinski definition) is 4. The van der Waals surface area contributed by atoms with Crippen molar-refractivity contribution in [1.82, 2.24) is 14.7 Å². The van der Waals surface area contributed by atoms with Gasteiger partial charge in [0.15, 0.2) is 0 Å². The van der Waals surface area contributed by atoms with E-state index in [2.05, 4.69) is 9.80 Å². The Hall–Kier alpha value is -0.650. The summed E-state index contributed by atoms with van der Waals surface area (Å²) in [7, 11) is 0. The maximum absolute atomic E-state index is 11.3. The molecule has 0 radical (unpaired) electrons. The fourth-order valence-electron chi connectivity index (χ4n) is 4.22. The van der Waals surface area contributed by atoms with Crippen molar-refractivity contribution >= 4 is 5.91 Å². The van der Waals surface area contributed by atoms with Crippen LogP contribution in [0.1, 0.15) is 32.6 Å². The van der Waals surface area contributed by atoms with E-state index < -0.39 is 0 Å². The standard InChI is InChI=1S/C15H28N4O/c1-12(20)18-7-4-17(5-8-18)6-9-19-14-2-3-15(19)11-13(16)10-14/h13-15H,2-11,16H2,1H3. The highest BCUT2D eigenvalue weighted by Crippen LogP contribution is 2.34. The molecule has 3 fully saturated rings. The van der Waals surface area contributed by atoms with E-state index in [9.17, 15) is 4.79 Å². The van der Waals surface area contributed by atoms with Crippen LogP contribution in [-0.4, -0.2) is 78.0 Å². The molecular weight excluding hydrogens is 252 g/mol. The minimum Gasteiger partial charge on any atom is -0.340 e.